The molecule has 2 rings (SSSR count). The van der Waals surface area contributed by atoms with E-state index < -0.39 is 0 Å². The summed E-state index contributed by atoms with van der Waals surface area (Å²) in [5, 5.41) is 7.32. The number of hydrogen-bond donors (Lipinski definition) is 1. The lowest BCUT2D eigenvalue weighted by Crippen LogP contribution is -2.59. The van der Waals surface area contributed by atoms with E-state index in [1.165, 1.54) is 11.5 Å². The molecule has 1 aliphatic rings. The summed E-state index contributed by atoms with van der Waals surface area (Å²) in [4.78, 5) is 15.1. The zero-order valence-electron chi connectivity index (χ0n) is 10.5. The van der Waals surface area contributed by atoms with Crippen LogP contribution >= 0.6 is 11.5 Å². The van der Waals surface area contributed by atoms with Gasteiger partial charge in [-0.3, -0.25) is 4.79 Å². The van der Waals surface area contributed by atoms with Gasteiger partial charge in [0, 0.05) is 19.6 Å². The van der Waals surface area contributed by atoms with Gasteiger partial charge in [-0.2, -0.15) is 0 Å². The summed E-state index contributed by atoms with van der Waals surface area (Å²) in [5.41, 5.74) is 0.666. The summed E-state index contributed by atoms with van der Waals surface area (Å²) in [6.07, 6.45) is 0.754. The van der Waals surface area contributed by atoms with Gasteiger partial charge >= 0.3 is 0 Å². The molecule has 5 nitrogen and oxygen atoms in total. The molecule has 0 aliphatic carbocycles. The van der Waals surface area contributed by atoms with Crippen LogP contribution in [-0.2, 0) is 6.42 Å². The summed E-state index contributed by atoms with van der Waals surface area (Å²) in [6, 6.07) is 0. The number of piperazine rings is 1. The fourth-order valence-electron chi connectivity index (χ4n) is 2.08. The first-order valence-electron chi connectivity index (χ1n) is 5.90. The number of hydrogen-bond acceptors (Lipinski definition) is 5. The zero-order valence-corrected chi connectivity index (χ0v) is 11.3. The predicted octanol–water partition coefficient (Wildman–Crippen LogP) is 0.924. The summed E-state index contributed by atoms with van der Waals surface area (Å²) in [6.45, 7) is 8.58. The third-order valence-electron chi connectivity index (χ3n) is 3.13. The molecule has 0 radical (unpaired) electrons. The van der Waals surface area contributed by atoms with Crippen molar-refractivity contribution in [3.63, 3.8) is 0 Å². The fraction of sp³-hybridized carbons (Fsp3) is 0.727. The van der Waals surface area contributed by atoms with E-state index in [0.717, 1.165) is 31.7 Å². The monoisotopic (exact) mass is 254 g/mol. The van der Waals surface area contributed by atoms with E-state index >= 15 is 0 Å². The molecule has 6 heteroatoms. The molecular weight excluding hydrogens is 236 g/mol. The summed E-state index contributed by atoms with van der Waals surface area (Å²) < 4.78 is 3.89. The van der Waals surface area contributed by atoms with Gasteiger partial charge < -0.3 is 10.2 Å². The van der Waals surface area contributed by atoms with Crippen LogP contribution in [0.25, 0.3) is 0 Å². The Morgan fingerprint density at radius 1 is 1.59 bits per heavy atom. The lowest BCUT2D eigenvalue weighted by atomic mass is 9.99. The van der Waals surface area contributed by atoms with Gasteiger partial charge in [0.2, 0.25) is 0 Å². The molecule has 0 aromatic carbocycles. The molecule has 0 saturated carbocycles. The minimum absolute atomic E-state index is 0.0725. The lowest BCUT2D eigenvalue weighted by molar-refractivity contribution is 0.0481. The Labute approximate surface area is 105 Å². The van der Waals surface area contributed by atoms with Gasteiger partial charge in [-0.25, -0.2) is 0 Å². The van der Waals surface area contributed by atoms with Crippen molar-refractivity contribution in [3.8, 4) is 0 Å². The molecule has 0 unspecified atom stereocenters. The molecule has 1 aliphatic heterocycles. The van der Waals surface area contributed by atoms with E-state index in [1.807, 2.05) is 11.8 Å². The third kappa shape index (κ3) is 2.32. The molecule has 1 saturated heterocycles. The fourth-order valence-corrected chi connectivity index (χ4v) is 2.78. The number of amides is 1. The van der Waals surface area contributed by atoms with E-state index in [9.17, 15) is 4.79 Å². The minimum atomic E-state index is -0.148. The van der Waals surface area contributed by atoms with Crippen molar-refractivity contribution < 1.29 is 4.79 Å². The maximum absolute atomic E-state index is 12.5. The van der Waals surface area contributed by atoms with Crippen LogP contribution < -0.4 is 5.32 Å². The van der Waals surface area contributed by atoms with Crippen molar-refractivity contribution in [2.45, 2.75) is 32.7 Å². The quantitative estimate of drug-likeness (QED) is 0.853. The average molecular weight is 254 g/mol. The van der Waals surface area contributed by atoms with Gasteiger partial charge in [-0.1, -0.05) is 11.4 Å². The van der Waals surface area contributed by atoms with Crippen molar-refractivity contribution in [1.29, 1.82) is 0 Å². The standard InChI is InChI=1S/C11H18N4OS/c1-4-8-9(17-14-13-8)10(16)15-6-5-12-7-11(15,2)3/h12H,4-7H2,1-3H3. The Balaban J connectivity index is 2.25. The Kier molecular flexibility index (Phi) is 3.44. The first-order valence-corrected chi connectivity index (χ1v) is 6.67. The summed E-state index contributed by atoms with van der Waals surface area (Å²) in [5.74, 6) is 0.0725. The van der Waals surface area contributed by atoms with Crippen molar-refractivity contribution >= 4 is 17.4 Å². The molecule has 1 aromatic heterocycles. The van der Waals surface area contributed by atoms with Gasteiger partial charge in [0.05, 0.1) is 11.2 Å². The van der Waals surface area contributed by atoms with Crippen LogP contribution in [0.2, 0.25) is 0 Å². The molecule has 94 valence electrons. The Hall–Kier alpha value is -1.01. The van der Waals surface area contributed by atoms with E-state index in [0.29, 0.717) is 4.88 Å². The SMILES string of the molecule is CCc1nnsc1C(=O)N1CCNCC1(C)C. The smallest absolute Gasteiger partial charge is 0.268 e. The molecule has 1 fully saturated rings. The summed E-state index contributed by atoms with van der Waals surface area (Å²) in [7, 11) is 0. The van der Waals surface area contributed by atoms with E-state index in [4.69, 9.17) is 0 Å². The highest BCUT2D eigenvalue weighted by Gasteiger charge is 2.35. The predicted molar refractivity (Wildman–Crippen MR) is 67.3 cm³/mol. The first kappa shape index (κ1) is 12.4. The highest BCUT2D eigenvalue weighted by molar-refractivity contribution is 7.08. The van der Waals surface area contributed by atoms with Crippen LogP contribution in [0.1, 0.15) is 36.1 Å². The number of rotatable bonds is 2. The average Bonchev–Trinajstić information content (AvgIpc) is 2.75. The number of aromatic nitrogens is 2. The van der Waals surface area contributed by atoms with Crippen molar-refractivity contribution in [2.24, 2.45) is 0 Å². The number of carbonyl (C=O) groups excluding carboxylic acids is 1. The van der Waals surface area contributed by atoms with Gasteiger partial charge in [0.15, 0.2) is 0 Å². The van der Waals surface area contributed by atoms with Crippen LogP contribution in [0.4, 0.5) is 0 Å². The molecule has 17 heavy (non-hydrogen) atoms. The van der Waals surface area contributed by atoms with Crippen molar-refractivity contribution in [3.05, 3.63) is 10.6 Å². The molecule has 1 N–H and O–H groups in total. The highest BCUT2D eigenvalue weighted by Crippen LogP contribution is 2.22. The second-order valence-electron chi connectivity index (χ2n) is 4.85. The number of carbonyl (C=O) groups is 1. The topological polar surface area (TPSA) is 58.1 Å². The Morgan fingerprint density at radius 2 is 2.35 bits per heavy atom. The molecular formula is C11H18N4OS. The number of aryl methyl sites for hydroxylation is 1. The molecule has 0 spiro atoms. The molecule has 0 bridgehead atoms. The second-order valence-corrected chi connectivity index (χ2v) is 5.60. The molecule has 1 amide bonds. The van der Waals surface area contributed by atoms with Crippen LogP contribution in [0.5, 0.6) is 0 Å². The largest absolute Gasteiger partial charge is 0.330 e. The number of nitrogens with one attached hydrogen (secondary N) is 1. The van der Waals surface area contributed by atoms with Gasteiger partial charge in [-0.05, 0) is 31.8 Å². The highest BCUT2D eigenvalue weighted by atomic mass is 32.1. The van der Waals surface area contributed by atoms with Gasteiger partial charge in [0.25, 0.3) is 5.91 Å². The second kappa shape index (κ2) is 4.70. The normalized spacial score (nSPS) is 19.4. The lowest BCUT2D eigenvalue weighted by Gasteiger charge is -2.42. The Bertz CT molecular complexity index is 415. The Morgan fingerprint density at radius 3 is 3.00 bits per heavy atom. The molecule has 1 aromatic rings. The first-order chi connectivity index (χ1) is 8.06. The van der Waals surface area contributed by atoms with Gasteiger partial charge in [-0.15, -0.1) is 5.10 Å². The van der Waals surface area contributed by atoms with Crippen LogP contribution in [-0.4, -0.2) is 45.6 Å². The van der Waals surface area contributed by atoms with Gasteiger partial charge in [0.1, 0.15) is 4.88 Å². The van der Waals surface area contributed by atoms with E-state index in [2.05, 4.69) is 28.8 Å². The number of nitrogens with zero attached hydrogens (tertiary/aromatic N) is 3. The molecule has 2 heterocycles. The maximum atomic E-state index is 12.5. The van der Waals surface area contributed by atoms with Crippen LogP contribution in [0, 0.1) is 0 Å². The van der Waals surface area contributed by atoms with Crippen molar-refractivity contribution in [1.82, 2.24) is 19.8 Å². The van der Waals surface area contributed by atoms with Crippen molar-refractivity contribution in [2.75, 3.05) is 19.6 Å². The van der Waals surface area contributed by atoms with E-state index in [-0.39, 0.29) is 11.4 Å². The maximum Gasteiger partial charge on any atom is 0.268 e. The van der Waals surface area contributed by atoms with Crippen LogP contribution in [0.3, 0.4) is 0 Å². The molecule has 0 atom stereocenters. The summed E-state index contributed by atoms with van der Waals surface area (Å²) >= 11 is 1.20. The third-order valence-corrected chi connectivity index (χ3v) is 3.89. The minimum Gasteiger partial charge on any atom is -0.330 e. The van der Waals surface area contributed by atoms with Crippen LogP contribution in [0.15, 0.2) is 0 Å². The zero-order chi connectivity index (χ0) is 12.5. The van der Waals surface area contributed by atoms with E-state index in [1.54, 1.807) is 0 Å².